The van der Waals surface area contributed by atoms with Crippen molar-refractivity contribution >= 4 is 17.4 Å². The Labute approximate surface area is 111 Å². The zero-order chi connectivity index (χ0) is 12.6. The van der Waals surface area contributed by atoms with E-state index in [1.807, 2.05) is 60.6 Å². The van der Waals surface area contributed by atoms with E-state index in [2.05, 4.69) is 4.98 Å². The molecule has 18 heavy (non-hydrogen) atoms. The molecule has 0 spiro atoms. The lowest BCUT2D eigenvalue weighted by molar-refractivity contribution is 0.320. The third-order valence-corrected chi connectivity index (χ3v) is 3.48. The Kier molecular flexibility index (Phi) is 4.90. The number of ether oxygens (including phenoxy) is 1. The second-order valence-corrected chi connectivity index (χ2v) is 4.94. The van der Waals surface area contributed by atoms with E-state index in [9.17, 15) is 0 Å². The molecule has 0 aliphatic rings. The average molecular weight is 260 g/mol. The fraction of sp³-hybridized carbons (Fsp3) is 0.214. The molecule has 0 saturated heterocycles. The van der Waals surface area contributed by atoms with Crippen LogP contribution in [-0.4, -0.2) is 17.3 Å². The van der Waals surface area contributed by atoms with E-state index in [0.717, 1.165) is 17.9 Å². The monoisotopic (exact) mass is 260 g/mol. The second kappa shape index (κ2) is 6.91. The number of rotatable bonds is 6. The largest absolute Gasteiger partial charge is 0.491 e. The van der Waals surface area contributed by atoms with Crippen molar-refractivity contribution in [2.24, 2.45) is 0 Å². The van der Waals surface area contributed by atoms with Crippen LogP contribution in [0, 0.1) is 0 Å². The molecule has 0 fully saturated rings. The van der Waals surface area contributed by atoms with Gasteiger partial charge < -0.3 is 10.5 Å². The van der Waals surface area contributed by atoms with Gasteiger partial charge in [-0.3, -0.25) is 4.98 Å². The summed E-state index contributed by atoms with van der Waals surface area (Å²) in [7, 11) is 0. The van der Waals surface area contributed by atoms with Crippen LogP contribution < -0.4 is 10.5 Å². The first kappa shape index (κ1) is 12.8. The van der Waals surface area contributed by atoms with Crippen molar-refractivity contribution < 1.29 is 4.74 Å². The normalized spacial score (nSPS) is 10.2. The molecule has 0 atom stereocenters. The standard InChI is InChI=1S/C14H16N2OS/c15-13-4-1-2-5-14(13)17-10-3-11-18-12-6-8-16-9-7-12/h1-2,4-9H,3,10-11,15H2. The van der Waals surface area contributed by atoms with Gasteiger partial charge in [-0.15, -0.1) is 11.8 Å². The number of aromatic nitrogens is 1. The number of nitrogens with zero attached hydrogens (tertiary/aromatic N) is 1. The summed E-state index contributed by atoms with van der Waals surface area (Å²) >= 11 is 1.81. The number of pyridine rings is 1. The fourth-order valence-corrected chi connectivity index (χ4v) is 2.29. The third kappa shape index (κ3) is 3.96. The molecule has 0 unspecified atom stereocenters. The van der Waals surface area contributed by atoms with Gasteiger partial charge in [0.2, 0.25) is 0 Å². The third-order valence-electron chi connectivity index (χ3n) is 2.38. The molecule has 2 N–H and O–H groups in total. The Morgan fingerprint density at radius 1 is 1.11 bits per heavy atom. The lowest BCUT2D eigenvalue weighted by Gasteiger charge is -2.08. The van der Waals surface area contributed by atoms with Crippen LogP contribution in [-0.2, 0) is 0 Å². The lowest BCUT2D eigenvalue weighted by atomic mass is 10.3. The van der Waals surface area contributed by atoms with Gasteiger partial charge >= 0.3 is 0 Å². The molecule has 1 aromatic heterocycles. The highest BCUT2D eigenvalue weighted by molar-refractivity contribution is 7.99. The summed E-state index contributed by atoms with van der Waals surface area (Å²) in [6.45, 7) is 0.687. The molecule has 0 aliphatic heterocycles. The zero-order valence-corrected chi connectivity index (χ0v) is 10.9. The number of nitrogen functional groups attached to an aromatic ring is 1. The number of nitrogens with two attached hydrogens (primary N) is 1. The van der Waals surface area contributed by atoms with Crippen LogP contribution in [0.2, 0.25) is 0 Å². The molecule has 0 aliphatic carbocycles. The van der Waals surface area contributed by atoms with Crippen molar-refractivity contribution in [2.45, 2.75) is 11.3 Å². The van der Waals surface area contributed by atoms with Gasteiger partial charge in [-0.2, -0.15) is 0 Å². The number of hydrogen-bond donors (Lipinski definition) is 1. The molecule has 3 nitrogen and oxygen atoms in total. The first-order valence-electron chi connectivity index (χ1n) is 5.86. The Bertz CT molecular complexity index is 476. The van der Waals surface area contributed by atoms with Crippen LogP contribution in [0.25, 0.3) is 0 Å². The van der Waals surface area contributed by atoms with Gasteiger partial charge in [-0.05, 0) is 30.7 Å². The minimum atomic E-state index is 0.687. The molecule has 1 aromatic carbocycles. The van der Waals surface area contributed by atoms with E-state index in [-0.39, 0.29) is 0 Å². The average Bonchev–Trinajstić information content (AvgIpc) is 2.42. The molecule has 2 rings (SSSR count). The molecule has 1 heterocycles. The zero-order valence-electron chi connectivity index (χ0n) is 10.1. The SMILES string of the molecule is Nc1ccccc1OCCCSc1ccncc1. The highest BCUT2D eigenvalue weighted by Crippen LogP contribution is 2.21. The van der Waals surface area contributed by atoms with Crippen LogP contribution in [0.3, 0.4) is 0 Å². The summed E-state index contributed by atoms with van der Waals surface area (Å²) in [6, 6.07) is 11.6. The molecular formula is C14H16N2OS. The number of anilines is 1. The molecule has 0 saturated carbocycles. The summed E-state index contributed by atoms with van der Waals surface area (Å²) in [5.74, 6) is 1.79. The number of benzene rings is 1. The van der Waals surface area contributed by atoms with Crippen LogP contribution in [0.1, 0.15) is 6.42 Å². The van der Waals surface area contributed by atoms with Crippen molar-refractivity contribution in [3.8, 4) is 5.75 Å². The Balaban J connectivity index is 1.66. The van der Waals surface area contributed by atoms with Gasteiger partial charge in [0.1, 0.15) is 5.75 Å². The van der Waals surface area contributed by atoms with Crippen molar-refractivity contribution in [1.82, 2.24) is 4.98 Å². The molecule has 94 valence electrons. The number of para-hydroxylation sites is 2. The minimum Gasteiger partial charge on any atom is -0.491 e. The van der Waals surface area contributed by atoms with E-state index in [1.54, 1.807) is 0 Å². The van der Waals surface area contributed by atoms with Gasteiger partial charge in [0.15, 0.2) is 0 Å². The fourth-order valence-electron chi connectivity index (χ4n) is 1.48. The topological polar surface area (TPSA) is 48.1 Å². The Morgan fingerprint density at radius 2 is 1.89 bits per heavy atom. The predicted molar refractivity (Wildman–Crippen MR) is 75.9 cm³/mol. The van der Waals surface area contributed by atoms with Crippen molar-refractivity contribution in [2.75, 3.05) is 18.1 Å². The van der Waals surface area contributed by atoms with Gasteiger partial charge in [0, 0.05) is 23.0 Å². The van der Waals surface area contributed by atoms with E-state index in [1.165, 1.54) is 4.90 Å². The summed E-state index contributed by atoms with van der Waals surface area (Å²) in [6.07, 6.45) is 4.61. The first-order chi connectivity index (χ1) is 8.86. The van der Waals surface area contributed by atoms with Gasteiger partial charge in [-0.25, -0.2) is 0 Å². The highest BCUT2D eigenvalue weighted by atomic mass is 32.2. The lowest BCUT2D eigenvalue weighted by Crippen LogP contribution is -2.01. The molecule has 0 bridgehead atoms. The first-order valence-corrected chi connectivity index (χ1v) is 6.85. The summed E-state index contributed by atoms with van der Waals surface area (Å²) < 4.78 is 5.62. The Hall–Kier alpha value is -1.68. The molecule has 0 radical (unpaired) electrons. The van der Waals surface area contributed by atoms with Crippen LogP contribution in [0.15, 0.2) is 53.7 Å². The summed E-state index contributed by atoms with van der Waals surface area (Å²) in [5, 5.41) is 0. The number of thioether (sulfide) groups is 1. The molecule has 0 amide bonds. The summed E-state index contributed by atoms with van der Waals surface area (Å²) in [5.41, 5.74) is 6.48. The van der Waals surface area contributed by atoms with E-state index < -0.39 is 0 Å². The Morgan fingerprint density at radius 3 is 2.67 bits per heavy atom. The van der Waals surface area contributed by atoms with E-state index in [0.29, 0.717) is 12.3 Å². The van der Waals surface area contributed by atoms with Crippen LogP contribution in [0.5, 0.6) is 5.75 Å². The van der Waals surface area contributed by atoms with Crippen molar-refractivity contribution in [3.63, 3.8) is 0 Å². The smallest absolute Gasteiger partial charge is 0.142 e. The van der Waals surface area contributed by atoms with Crippen LogP contribution in [0.4, 0.5) is 5.69 Å². The second-order valence-electron chi connectivity index (χ2n) is 3.77. The van der Waals surface area contributed by atoms with Crippen LogP contribution >= 0.6 is 11.8 Å². The molecule has 4 heteroatoms. The maximum atomic E-state index is 5.79. The molecular weight excluding hydrogens is 244 g/mol. The quantitative estimate of drug-likeness (QED) is 0.492. The predicted octanol–water partition coefficient (Wildman–Crippen LogP) is 3.23. The maximum Gasteiger partial charge on any atom is 0.142 e. The maximum absolute atomic E-state index is 5.79. The van der Waals surface area contributed by atoms with Gasteiger partial charge in [0.05, 0.1) is 12.3 Å². The van der Waals surface area contributed by atoms with Crippen molar-refractivity contribution in [3.05, 3.63) is 48.8 Å². The van der Waals surface area contributed by atoms with Crippen molar-refractivity contribution in [1.29, 1.82) is 0 Å². The number of hydrogen-bond acceptors (Lipinski definition) is 4. The van der Waals surface area contributed by atoms with Gasteiger partial charge in [0.25, 0.3) is 0 Å². The minimum absolute atomic E-state index is 0.687. The van der Waals surface area contributed by atoms with E-state index >= 15 is 0 Å². The van der Waals surface area contributed by atoms with Gasteiger partial charge in [-0.1, -0.05) is 12.1 Å². The van der Waals surface area contributed by atoms with E-state index in [4.69, 9.17) is 10.5 Å². The highest BCUT2D eigenvalue weighted by Gasteiger charge is 1.98. The molecule has 2 aromatic rings. The summed E-state index contributed by atoms with van der Waals surface area (Å²) in [4.78, 5) is 5.23.